The van der Waals surface area contributed by atoms with Crippen LogP contribution in [-0.4, -0.2) is 63.8 Å². The van der Waals surface area contributed by atoms with E-state index in [-0.39, 0.29) is 29.3 Å². The summed E-state index contributed by atoms with van der Waals surface area (Å²) in [4.78, 5) is 46.7. The minimum Gasteiger partial charge on any atom is -0.508 e. The number of rotatable bonds is 8. The number of aryl methyl sites for hydroxylation is 3. The number of aromatic hydroxyl groups is 1. The number of benzene rings is 1. The first-order chi connectivity index (χ1) is 17.8. The first-order valence-corrected chi connectivity index (χ1v) is 13.1. The van der Waals surface area contributed by atoms with Gasteiger partial charge < -0.3 is 25.8 Å². The molecule has 0 spiro atoms. The fraction of sp³-hybridized carbons (Fsp3) is 0.423. The van der Waals surface area contributed by atoms with Crippen LogP contribution in [0.2, 0.25) is 0 Å². The molecule has 2 unspecified atom stereocenters. The molecule has 3 atom stereocenters. The first kappa shape index (κ1) is 26.5. The van der Waals surface area contributed by atoms with E-state index in [1.54, 1.807) is 19.9 Å². The lowest BCUT2D eigenvalue weighted by molar-refractivity contribution is -0.142. The monoisotopic (exact) mass is 525 g/mol. The summed E-state index contributed by atoms with van der Waals surface area (Å²) in [7, 11) is 1.23. The number of carbonyl (C=O) groups is 3. The smallest absolute Gasteiger partial charge is 0.330 e. The number of carbonyl (C=O) groups excluding carboxylic acids is 3. The number of methoxy groups -OCH3 is 1. The fourth-order valence-electron chi connectivity index (χ4n) is 4.62. The summed E-state index contributed by atoms with van der Waals surface area (Å²) in [6.07, 6.45) is 4.88. The lowest BCUT2D eigenvalue weighted by Crippen LogP contribution is -2.50. The number of thioether (sulfide) groups is 1. The van der Waals surface area contributed by atoms with Crippen molar-refractivity contribution in [2.75, 3.05) is 19.0 Å². The summed E-state index contributed by atoms with van der Waals surface area (Å²) in [6, 6.07) is 4.55. The largest absolute Gasteiger partial charge is 0.508 e. The second kappa shape index (κ2) is 11.6. The minimum absolute atomic E-state index is 0.0415. The molecule has 4 rings (SSSR count). The third-order valence-corrected chi connectivity index (χ3v) is 7.63. The number of phenolic OH excluding ortho intramolecular Hbond substituents is 1. The van der Waals surface area contributed by atoms with Gasteiger partial charge in [-0.05, 0) is 62.1 Å². The maximum atomic E-state index is 13.1. The number of phenols is 1. The van der Waals surface area contributed by atoms with Gasteiger partial charge in [0.2, 0.25) is 11.9 Å². The number of fused-ring (bicyclic) bond motifs is 1. The van der Waals surface area contributed by atoms with Crippen molar-refractivity contribution < 1.29 is 24.2 Å². The van der Waals surface area contributed by atoms with E-state index in [0.29, 0.717) is 35.9 Å². The highest BCUT2D eigenvalue weighted by atomic mass is 32.2. The van der Waals surface area contributed by atoms with Crippen molar-refractivity contribution >= 4 is 35.5 Å². The Labute approximate surface area is 219 Å². The number of ether oxygens (including phenoxy) is 1. The predicted molar refractivity (Wildman–Crippen MR) is 140 cm³/mol. The zero-order valence-corrected chi connectivity index (χ0v) is 21.9. The first-order valence-electron chi connectivity index (χ1n) is 12.1. The zero-order chi connectivity index (χ0) is 26.5. The molecule has 4 N–H and O–H groups in total. The molecule has 1 aromatic heterocycles. The van der Waals surface area contributed by atoms with Crippen LogP contribution in [0.1, 0.15) is 45.7 Å². The van der Waals surface area contributed by atoms with Crippen molar-refractivity contribution in [1.29, 1.82) is 0 Å². The average Bonchev–Trinajstić information content (AvgIpc) is 3.41. The van der Waals surface area contributed by atoms with Gasteiger partial charge >= 0.3 is 5.97 Å². The molecule has 2 amide bonds. The second-order valence-electron chi connectivity index (χ2n) is 9.12. The molecule has 2 aliphatic rings. The van der Waals surface area contributed by atoms with Gasteiger partial charge in [0.05, 0.1) is 29.3 Å². The number of allylic oxidation sites excluding steroid dienone is 1. The predicted octanol–water partition coefficient (Wildman–Crippen LogP) is 2.18. The highest BCUT2D eigenvalue weighted by molar-refractivity contribution is 8.03. The van der Waals surface area contributed by atoms with Crippen molar-refractivity contribution in [3.63, 3.8) is 0 Å². The topological polar surface area (TPSA) is 143 Å². The number of esters is 1. The molecule has 0 fully saturated rings. The van der Waals surface area contributed by atoms with Gasteiger partial charge in [0.1, 0.15) is 11.8 Å². The van der Waals surface area contributed by atoms with Crippen molar-refractivity contribution in [3.8, 4) is 5.75 Å². The summed E-state index contributed by atoms with van der Waals surface area (Å²) < 4.78 is 4.82. The number of nitrogens with one attached hydrogen (secondary N) is 3. The maximum absolute atomic E-state index is 13.1. The number of hydrogen-bond acceptors (Lipinski definition) is 9. The Bertz CT molecular complexity index is 1200. The van der Waals surface area contributed by atoms with E-state index < -0.39 is 17.9 Å². The Balaban J connectivity index is 1.42. The molecule has 0 bridgehead atoms. The quantitative estimate of drug-likeness (QED) is 0.381. The van der Waals surface area contributed by atoms with Crippen LogP contribution in [0.15, 0.2) is 29.7 Å². The molecular formula is C26H31N5O5S. The van der Waals surface area contributed by atoms with E-state index in [0.717, 1.165) is 24.0 Å². The van der Waals surface area contributed by atoms with E-state index >= 15 is 0 Å². The van der Waals surface area contributed by atoms with Crippen molar-refractivity contribution in [3.05, 3.63) is 57.8 Å². The van der Waals surface area contributed by atoms with Crippen LogP contribution in [0.5, 0.6) is 5.75 Å². The van der Waals surface area contributed by atoms with E-state index in [9.17, 15) is 19.5 Å². The molecule has 37 heavy (non-hydrogen) atoms. The molecule has 10 nitrogen and oxygen atoms in total. The van der Waals surface area contributed by atoms with Crippen LogP contribution < -0.4 is 16.0 Å². The molecule has 11 heteroatoms. The Morgan fingerprint density at radius 1 is 1.22 bits per heavy atom. The molecule has 196 valence electrons. The molecule has 0 radical (unpaired) electrons. The lowest BCUT2D eigenvalue weighted by Gasteiger charge is -2.26. The van der Waals surface area contributed by atoms with Gasteiger partial charge in [-0.15, -0.1) is 11.8 Å². The van der Waals surface area contributed by atoms with E-state index in [2.05, 4.69) is 25.9 Å². The Morgan fingerprint density at radius 3 is 2.65 bits per heavy atom. The number of anilines is 1. The van der Waals surface area contributed by atoms with Gasteiger partial charge in [-0.1, -0.05) is 18.2 Å². The van der Waals surface area contributed by atoms with Crippen LogP contribution >= 0.6 is 11.8 Å². The number of nitrogens with zero attached hydrogens (tertiary/aromatic N) is 2. The van der Waals surface area contributed by atoms with Crippen molar-refractivity contribution in [2.45, 2.75) is 56.9 Å². The maximum Gasteiger partial charge on any atom is 0.330 e. The SMILES string of the molecule is COC(=O)[C@H](CNC(=O)C1CC=CS1)NC(=O)c1c(C)nc(NC2CCc3cccc(O)c3C2)nc1C. The van der Waals surface area contributed by atoms with Crippen molar-refractivity contribution in [1.82, 2.24) is 20.6 Å². The van der Waals surface area contributed by atoms with Gasteiger partial charge in [0.15, 0.2) is 0 Å². The third-order valence-electron chi connectivity index (χ3n) is 6.55. The van der Waals surface area contributed by atoms with Gasteiger partial charge in [0, 0.05) is 12.6 Å². The zero-order valence-electron chi connectivity index (χ0n) is 21.0. The van der Waals surface area contributed by atoms with Crippen LogP contribution in [0.4, 0.5) is 5.95 Å². The number of hydrogen-bond donors (Lipinski definition) is 4. The summed E-state index contributed by atoms with van der Waals surface area (Å²) in [5.74, 6) is -0.710. The highest BCUT2D eigenvalue weighted by Crippen LogP contribution is 2.30. The van der Waals surface area contributed by atoms with Crippen LogP contribution in [-0.2, 0) is 27.2 Å². The van der Waals surface area contributed by atoms with Gasteiger partial charge in [0.25, 0.3) is 5.91 Å². The number of amides is 2. The fourth-order valence-corrected chi connectivity index (χ4v) is 5.46. The molecule has 2 heterocycles. The summed E-state index contributed by atoms with van der Waals surface area (Å²) in [5, 5.41) is 20.5. The normalized spacial score (nSPS) is 19.0. The average molecular weight is 526 g/mol. The molecule has 1 aliphatic carbocycles. The standard InChI is InChI=1S/C26H31N5O5S/c1-14-22(24(34)31-19(25(35)36-3)13-27-23(33)21-8-5-11-37-21)15(2)29-26(28-14)30-17-10-9-16-6-4-7-20(32)18(16)12-17/h4-7,11,17,19,21,32H,8-10,12-13H2,1-3H3,(H,27,33)(H,31,34)(H,28,29,30)/t17?,19-,21?/m0/s1. The summed E-state index contributed by atoms with van der Waals surface area (Å²) >= 11 is 1.41. The Morgan fingerprint density at radius 2 is 1.97 bits per heavy atom. The van der Waals surface area contributed by atoms with E-state index in [1.807, 2.05) is 23.6 Å². The summed E-state index contributed by atoms with van der Waals surface area (Å²) in [5.41, 5.74) is 3.24. The Kier molecular flexibility index (Phi) is 8.32. The molecular weight excluding hydrogens is 494 g/mol. The van der Waals surface area contributed by atoms with E-state index in [1.165, 1.54) is 18.9 Å². The van der Waals surface area contributed by atoms with E-state index in [4.69, 9.17) is 4.74 Å². The van der Waals surface area contributed by atoms with Crippen LogP contribution in [0.25, 0.3) is 0 Å². The van der Waals surface area contributed by atoms with Gasteiger partial charge in [-0.3, -0.25) is 9.59 Å². The third kappa shape index (κ3) is 6.22. The number of aromatic nitrogens is 2. The lowest BCUT2D eigenvalue weighted by atomic mass is 9.88. The van der Waals surface area contributed by atoms with Gasteiger partial charge in [-0.2, -0.15) is 0 Å². The molecule has 0 saturated heterocycles. The van der Waals surface area contributed by atoms with Crippen LogP contribution in [0.3, 0.4) is 0 Å². The summed E-state index contributed by atoms with van der Waals surface area (Å²) in [6.45, 7) is 3.31. The minimum atomic E-state index is -1.06. The van der Waals surface area contributed by atoms with Gasteiger partial charge in [-0.25, -0.2) is 14.8 Å². The van der Waals surface area contributed by atoms with Crippen LogP contribution in [0, 0.1) is 13.8 Å². The highest BCUT2D eigenvalue weighted by Gasteiger charge is 2.28. The van der Waals surface area contributed by atoms with Crippen molar-refractivity contribution in [2.24, 2.45) is 0 Å². The molecule has 1 aromatic carbocycles. The Hall–Kier alpha value is -3.60. The second-order valence-corrected chi connectivity index (χ2v) is 10.2. The molecule has 1 aliphatic heterocycles. The molecule has 0 saturated carbocycles. The molecule has 2 aromatic rings.